The Morgan fingerprint density at radius 1 is 0.152 bits per heavy atom. The molecular formula is C84H52N8. The van der Waals surface area contributed by atoms with Gasteiger partial charge in [0.15, 0.2) is 11.6 Å². The molecule has 428 valence electrons. The molecule has 0 bridgehead atoms. The molecule has 17 aromatic rings. The maximum absolute atomic E-state index is 5.29. The van der Waals surface area contributed by atoms with E-state index in [-0.39, 0.29) is 0 Å². The fourth-order valence-corrected chi connectivity index (χ4v) is 12.4. The zero-order valence-corrected chi connectivity index (χ0v) is 49.6. The minimum atomic E-state index is 0.616. The van der Waals surface area contributed by atoms with E-state index in [2.05, 4.69) is 231 Å². The van der Waals surface area contributed by atoms with Crippen molar-refractivity contribution in [3.05, 3.63) is 315 Å². The third kappa shape index (κ3) is 10.4. The highest BCUT2D eigenvalue weighted by atomic mass is 14.9. The molecule has 17 rings (SSSR count). The second-order valence-corrected chi connectivity index (χ2v) is 23.1. The average Bonchev–Trinajstić information content (AvgIpc) is 1.17. The molecular weight excluding hydrogens is 1120 g/mol. The predicted molar refractivity (Wildman–Crippen MR) is 376 cm³/mol. The lowest BCUT2D eigenvalue weighted by Gasteiger charge is -2.11. The van der Waals surface area contributed by atoms with Gasteiger partial charge in [0.25, 0.3) is 0 Å². The van der Waals surface area contributed by atoms with Crippen LogP contribution in [-0.4, -0.2) is 39.9 Å². The van der Waals surface area contributed by atoms with Gasteiger partial charge in [-0.3, -0.25) is 0 Å². The normalized spacial score (nSPS) is 11.5. The van der Waals surface area contributed by atoms with Crippen molar-refractivity contribution in [1.82, 2.24) is 39.9 Å². The van der Waals surface area contributed by atoms with Gasteiger partial charge in [-0.05, 0) is 111 Å². The van der Waals surface area contributed by atoms with Crippen LogP contribution in [0.2, 0.25) is 0 Å². The summed E-state index contributed by atoms with van der Waals surface area (Å²) in [6.07, 6.45) is 0. The zero-order chi connectivity index (χ0) is 60.9. The summed E-state index contributed by atoms with van der Waals surface area (Å²) in [5, 5.41) is 6.62. The van der Waals surface area contributed by atoms with Crippen LogP contribution in [0.1, 0.15) is 0 Å². The van der Waals surface area contributed by atoms with Gasteiger partial charge < -0.3 is 0 Å². The topological polar surface area (TPSA) is 103 Å². The highest BCUT2D eigenvalue weighted by Gasteiger charge is 2.17. The fraction of sp³-hybridized carbons (Fsp3) is 0. The van der Waals surface area contributed by atoms with Crippen LogP contribution < -0.4 is 0 Å². The van der Waals surface area contributed by atoms with Crippen LogP contribution in [0.15, 0.2) is 315 Å². The van der Waals surface area contributed by atoms with Gasteiger partial charge in [-0.15, -0.1) is 0 Å². The van der Waals surface area contributed by atoms with Crippen molar-refractivity contribution in [2.24, 2.45) is 0 Å². The first-order valence-electron chi connectivity index (χ1n) is 30.8. The van der Waals surface area contributed by atoms with Crippen LogP contribution in [0.25, 0.3) is 178 Å². The van der Waals surface area contributed by atoms with E-state index in [1.54, 1.807) is 0 Å². The first kappa shape index (κ1) is 53.7. The molecule has 8 nitrogen and oxygen atoms in total. The number of benzene rings is 11. The number of hydrogen-bond donors (Lipinski definition) is 0. The van der Waals surface area contributed by atoms with E-state index < -0.39 is 0 Å². The molecule has 6 aromatic heterocycles. The SMILES string of the molecule is c1ccc(-c2cc(-c3ccc4ccc(-c5ccc6ccc(-c7cccc(-c8ccc(-c9nc(-c%10ccccc%10)cc(-c%10ccc%11ccc(-c%12ccc%13ccc(-c%14cccc%15ccccc%14%15)nc%13c%12)cc%11n%10)n9)cc8)c7)nc6c5)cc4n3)nc(-c3ccccc3)n2)cc1. The quantitative estimate of drug-likeness (QED) is 0.126. The third-order valence-corrected chi connectivity index (χ3v) is 17.3. The first-order valence-corrected chi connectivity index (χ1v) is 30.8. The summed E-state index contributed by atoms with van der Waals surface area (Å²) in [5.74, 6) is 1.27. The molecule has 11 aromatic carbocycles. The molecule has 0 saturated carbocycles. The summed E-state index contributed by atoms with van der Waals surface area (Å²) in [6, 6.07) is 109. The molecule has 0 unspecified atom stereocenters. The van der Waals surface area contributed by atoms with Crippen molar-refractivity contribution in [3.8, 4) is 124 Å². The molecule has 0 fully saturated rings. The van der Waals surface area contributed by atoms with Crippen LogP contribution in [0.4, 0.5) is 0 Å². The molecule has 8 heteroatoms. The van der Waals surface area contributed by atoms with Gasteiger partial charge in [-0.25, -0.2) is 39.9 Å². The maximum atomic E-state index is 5.29. The number of nitrogens with zero attached hydrogens (tertiary/aromatic N) is 8. The Bertz CT molecular complexity index is 5640. The lowest BCUT2D eigenvalue weighted by atomic mass is 9.99. The largest absolute Gasteiger partial charge is 0.248 e. The van der Waals surface area contributed by atoms with Gasteiger partial charge in [0.2, 0.25) is 0 Å². The molecule has 6 heterocycles. The average molecular weight is 1170 g/mol. The van der Waals surface area contributed by atoms with Crippen LogP contribution in [0, 0.1) is 0 Å². The van der Waals surface area contributed by atoms with Crippen LogP contribution in [0.5, 0.6) is 0 Å². The van der Waals surface area contributed by atoms with Gasteiger partial charge in [0, 0.05) is 54.9 Å². The van der Waals surface area contributed by atoms with E-state index >= 15 is 0 Å². The fourth-order valence-electron chi connectivity index (χ4n) is 12.4. The lowest BCUT2D eigenvalue weighted by molar-refractivity contribution is 1.17. The molecule has 0 saturated heterocycles. The first-order chi connectivity index (χ1) is 45.5. The lowest BCUT2D eigenvalue weighted by Crippen LogP contribution is -1.97. The molecule has 0 amide bonds. The van der Waals surface area contributed by atoms with Gasteiger partial charge in [-0.1, -0.05) is 249 Å². The van der Waals surface area contributed by atoms with Crippen molar-refractivity contribution in [1.29, 1.82) is 0 Å². The summed E-state index contributed by atoms with van der Waals surface area (Å²) < 4.78 is 0. The van der Waals surface area contributed by atoms with E-state index in [4.69, 9.17) is 39.9 Å². The van der Waals surface area contributed by atoms with Gasteiger partial charge in [0.05, 0.1) is 67.6 Å². The highest BCUT2D eigenvalue weighted by Crippen LogP contribution is 2.37. The molecule has 0 aliphatic rings. The van der Waals surface area contributed by atoms with Gasteiger partial charge in [0.1, 0.15) is 0 Å². The number of fused-ring (bicyclic) bond motifs is 5. The van der Waals surface area contributed by atoms with E-state index in [1.165, 1.54) is 10.8 Å². The maximum Gasteiger partial charge on any atom is 0.160 e. The van der Waals surface area contributed by atoms with Crippen molar-refractivity contribution < 1.29 is 0 Å². The Hall–Kier alpha value is -12.5. The summed E-state index contributed by atoms with van der Waals surface area (Å²) in [5.41, 5.74) is 22.5. The minimum Gasteiger partial charge on any atom is -0.248 e. The number of pyridine rings is 4. The zero-order valence-electron chi connectivity index (χ0n) is 49.6. The summed E-state index contributed by atoms with van der Waals surface area (Å²) >= 11 is 0. The number of hydrogen-bond acceptors (Lipinski definition) is 8. The minimum absolute atomic E-state index is 0.616. The molecule has 0 aliphatic heterocycles. The molecule has 92 heavy (non-hydrogen) atoms. The standard InChI is InChI=1S/C84H52N8/c1-4-15-55(16-5-1)79-51-81(91-83(89-79)61-19-8-3-9-20-61)73-44-40-59-30-36-66(49-77(59)87-73)64-34-28-57-38-42-71(85-75(57)47-64)68-23-12-22-63(46-68)53-26-32-62(33-27-53)84-90-80(56-17-6-2-7-18-56)52-82(92-84)74-45-41-60-31-37-67(50-78(60)88-74)65-35-29-58-39-43-72(86-76(58)48-65)70-25-13-21-54-14-10-11-24-69(54)70/h1-52H. The third-order valence-electron chi connectivity index (χ3n) is 17.3. The van der Waals surface area contributed by atoms with E-state index in [0.29, 0.717) is 11.6 Å². The Balaban J connectivity index is 0.648. The summed E-state index contributed by atoms with van der Waals surface area (Å²) in [4.78, 5) is 41.4. The summed E-state index contributed by atoms with van der Waals surface area (Å²) in [6.45, 7) is 0. The van der Waals surface area contributed by atoms with Crippen molar-refractivity contribution in [2.45, 2.75) is 0 Å². The number of rotatable bonds is 11. The Kier molecular flexibility index (Phi) is 13.4. The molecule has 0 N–H and O–H groups in total. The van der Waals surface area contributed by atoms with Crippen LogP contribution in [0.3, 0.4) is 0 Å². The smallest absolute Gasteiger partial charge is 0.160 e. The van der Waals surface area contributed by atoms with Crippen molar-refractivity contribution in [3.63, 3.8) is 0 Å². The Morgan fingerprint density at radius 3 is 1.01 bits per heavy atom. The van der Waals surface area contributed by atoms with Crippen LogP contribution in [-0.2, 0) is 0 Å². The van der Waals surface area contributed by atoms with E-state index in [1.807, 2.05) is 84.9 Å². The van der Waals surface area contributed by atoms with Crippen molar-refractivity contribution >= 4 is 54.4 Å². The Morgan fingerprint density at radius 2 is 0.489 bits per heavy atom. The Labute approximate surface area is 530 Å². The molecule has 0 spiro atoms. The van der Waals surface area contributed by atoms with Gasteiger partial charge >= 0.3 is 0 Å². The van der Waals surface area contributed by atoms with E-state index in [0.717, 1.165) is 156 Å². The van der Waals surface area contributed by atoms with E-state index in [9.17, 15) is 0 Å². The second kappa shape index (κ2) is 22.9. The second-order valence-electron chi connectivity index (χ2n) is 23.1. The molecule has 0 radical (unpaired) electrons. The van der Waals surface area contributed by atoms with Crippen LogP contribution >= 0.6 is 0 Å². The predicted octanol–water partition coefficient (Wildman–Crippen LogP) is 20.9. The molecule has 0 aliphatic carbocycles. The summed E-state index contributed by atoms with van der Waals surface area (Å²) in [7, 11) is 0. The monoisotopic (exact) mass is 1170 g/mol. The van der Waals surface area contributed by atoms with Crippen molar-refractivity contribution in [2.75, 3.05) is 0 Å². The highest BCUT2D eigenvalue weighted by molar-refractivity contribution is 5.98. The van der Waals surface area contributed by atoms with Gasteiger partial charge in [-0.2, -0.15) is 0 Å². The number of aromatic nitrogens is 8. The molecule has 0 atom stereocenters.